The van der Waals surface area contributed by atoms with Crippen molar-refractivity contribution in [3.8, 4) is 22.3 Å². The number of rotatable bonds is 8. The molecule has 12 aromatic rings. The van der Waals surface area contributed by atoms with Gasteiger partial charge in [-0.15, -0.1) is 0 Å². The molecule has 0 atom stereocenters. The molecule has 0 saturated carbocycles. The fraction of sp³-hybridized carbons (Fsp3) is 0.162. The van der Waals surface area contributed by atoms with Gasteiger partial charge in [0, 0.05) is 33.5 Å². The van der Waals surface area contributed by atoms with Crippen molar-refractivity contribution in [3.63, 3.8) is 0 Å². The third-order valence-corrected chi connectivity index (χ3v) is 15.7. The van der Waals surface area contributed by atoms with Crippen LogP contribution in [0.3, 0.4) is 0 Å². The molecule has 0 amide bonds. The molecule has 0 bridgehead atoms. The van der Waals surface area contributed by atoms with E-state index < -0.39 is 0 Å². The van der Waals surface area contributed by atoms with Crippen molar-refractivity contribution >= 4 is 88.0 Å². The van der Waals surface area contributed by atoms with Crippen molar-refractivity contribution in [2.75, 3.05) is 9.80 Å². The third kappa shape index (κ3) is 8.86. The lowest BCUT2D eigenvalue weighted by Gasteiger charge is -2.31. The Kier molecular flexibility index (Phi) is 11.9. The molecule has 2 heteroatoms. The van der Waals surface area contributed by atoms with E-state index in [0.29, 0.717) is 0 Å². The van der Waals surface area contributed by atoms with Crippen LogP contribution in [0.25, 0.3) is 76.1 Å². The summed E-state index contributed by atoms with van der Waals surface area (Å²) < 4.78 is 0. The van der Waals surface area contributed by atoms with E-state index in [9.17, 15) is 0 Å². The fourth-order valence-electron chi connectivity index (χ4n) is 11.5. The van der Waals surface area contributed by atoms with Crippen LogP contribution in [0.5, 0.6) is 0 Å². The molecule has 0 aliphatic rings. The van der Waals surface area contributed by atoms with Crippen molar-refractivity contribution < 1.29 is 0 Å². The monoisotopic (exact) mass is 983 g/mol. The van der Waals surface area contributed by atoms with Crippen LogP contribution in [0.1, 0.15) is 79.0 Å². The Labute approximate surface area is 449 Å². The lowest BCUT2D eigenvalue weighted by atomic mass is 9.84. The van der Waals surface area contributed by atoms with E-state index in [1.54, 1.807) is 0 Å². The highest BCUT2D eigenvalue weighted by Crippen LogP contribution is 2.50. The van der Waals surface area contributed by atoms with Gasteiger partial charge < -0.3 is 9.80 Å². The van der Waals surface area contributed by atoms with Gasteiger partial charge in [0.1, 0.15) is 0 Å². The second kappa shape index (κ2) is 18.7. The molecule has 12 rings (SSSR count). The standard InChI is InChI=1S/C74H66N2/c1-72(2,3)53-34-39-56(40-35-53)75(58-26-16-24-51(44-58)62-32-18-22-49-20-10-12-28-60(49)62)70-48-69-67-46-55(74(7,8)9)38-43-66(67)71(47-68(69)64-30-14-15-31-65(64)70)76(57-41-36-54(37-42-57)73(4,5)6)59-27-17-25-52(45-59)63-33-19-23-50-21-11-13-29-61(50)63/h10-48H,1-9H3. The summed E-state index contributed by atoms with van der Waals surface area (Å²) in [6.45, 7) is 20.7. The molecule has 0 aromatic heterocycles. The van der Waals surface area contributed by atoms with Gasteiger partial charge in [0.2, 0.25) is 0 Å². The quantitative estimate of drug-likeness (QED) is 0.140. The molecule has 0 spiro atoms. The average Bonchev–Trinajstić information content (AvgIpc) is 3.43. The van der Waals surface area contributed by atoms with E-state index in [4.69, 9.17) is 0 Å². The summed E-state index contributed by atoms with van der Waals surface area (Å²) in [7, 11) is 0. The maximum absolute atomic E-state index is 2.50. The van der Waals surface area contributed by atoms with E-state index in [1.807, 2.05) is 0 Å². The van der Waals surface area contributed by atoms with Crippen molar-refractivity contribution in [1.29, 1.82) is 0 Å². The summed E-state index contributed by atoms with van der Waals surface area (Å²) in [6.07, 6.45) is 0. The summed E-state index contributed by atoms with van der Waals surface area (Å²) in [6, 6.07) is 88.8. The van der Waals surface area contributed by atoms with E-state index in [2.05, 4.69) is 309 Å². The Bertz CT molecular complexity index is 4150. The van der Waals surface area contributed by atoms with Gasteiger partial charge in [-0.3, -0.25) is 0 Å². The molecule has 12 aromatic carbocycles. The minimum Gasteiger partial charge on any atom is -0.310 e. The molecule has 76 heavy (non-hydrogen) atoms. The van der Waals surface area contributed by atoms with Crippen LogP contribution in [-0.2, 0) is 16.2 Å². The zero-order valence-corrected chi connectivity index (χ0v) is 45.4. The maximum Gasteiger partial charge on any atom is 0.0546 e. The number of benzene rings is 12. The van der Waals surface area contributed by atoms with Crippen LogP contribution >= 0.6 is 0 Å². The molecular formula is C74H66N2. The van der Waals surface area contributed by atoms with Gasteiger partial charge in [-0.1, -0.05) is 232 Å². The zero-order valence-electron chi connectivity index (χ0n) is 45.4. The van der Waals surface area contributed by atoms with Crippen molar-refractivity contribution in [3.05, 3.63) is 253 Å². The molecule has 0 aliphatic heterocycles. The van der Waals surface area contributed by atoms with E-state index in [-0.39, 0.29) is 16.2 Å². The fourth-order valence-corrected chi connectivity index (χ4v) is 11.5. The van der Waals surface area contributed by atoms with Gasteiger partial charge >= 0.3 is 0 Å². The van der Waals surface area contributed by atoms with E-state index in [1.165, 1.54) is 92.8 Å². The summed E-state index contributed by atoms with van der Waals surface area (Å²) in [5.74, 6) is 0. The van der Waals surface area contributed by atoms with Gasteiger partial charge in [0.05, 0.1) is 11.4 Å². The molecule has 372 valence electrons. The Morgan fingerprint density at radius 1 is 0.237 bits per heavy atom. The first-order valence-electron chi connectivity index (χ1n) is 27.0. The minimum absolute atomic E-state index is 0.00697. The normalized spacial score (nSPS) is 12.3. The summed E-state index contributed by atoms with van der Waals surface area (Å²) in [5.41, 5.74) is 15.3. The SMILES string of the molecule is CC(C)(C)c1ccc(N(c2cccc(-c3cccc4ccccc34)c2)c2cc3c4cc(C(C)(C)C)ccc4c(N(c4ccc(C(C)(C)C)cc4)c4cccc(-c5cccc6ccccc56)c4)cc3c3ccccc23)cc1. The molecule has 0 heterocycles. The Morgan fingerprint density at radius 3 is 1.05 bits per heavy atom. The van der Waals surface area contributed by atoms with Crippen LogP contribution in [0.15, 0.2) is 237 Å². The molecular weight excluding hydrogens is 917 g/mol. The Morgan fingerprint density at radius 2 is 0.592 bits per heavy atom. The smallest absolute Gasteiger partial charge is 0.0546 e. The molecule has 0 N–H and O–H groups in total. The van der Waals surface area contributed by atoms with Crippen molar-refractivity contribution in [1.82, 2.24) is 0 Å². The van der Waals surface area contributed by atoms with Crippen molar-refractivity contribution in [2.45, 2.75) is 78.6 Å². The molecule has 0 radical (unpaired) electrons. The van der Waals surface area contributed by atoms with Crippen molar-refractivity contribution in [2.24, 2.45) is 0 Å². The second-order valence-corrected chi connectivity index (χ2v) is 23.9. The van der Waals surface area contributed by atoms with Crippen LogP contribution in [0, 0.1) is 0 Å². The summed E-state index contributed by atoms with van der Waals surface area (Å²) in [4.78, 5) is 5.00. The highest BCUT2D eigenvalue weighted by molar-refractivity contribution is 6.25. The molecule has 0 saturated heterocycles. The predicted molar refractivity (Wildman–Crippen MR) is 330 cm³/mol. The molecule has 2 nitrogen and oxygen atoms in total. The lowest BCUT2D eigenvalue weighted by molar-refractivity contribution is 0.590. The number of nitrogens with zero attached hydrogens (tertiary/aromatic N) is 2. The number of fused-ring (bicyclic) bond motifs is 7. The molecule has 0 aliphatic carbocycles. The van der Waals surface area contributed by atoms with E-state index in [0.717, 1.165) is 34.1 Å². The first-order valence-corrected chi connectivity index (χ1v) is 27.0. The van der Waals surface area contributed by atoms with Crippen LogP contribution in [-0.4, -0.2) is 0 Å². The zero-order chi connectivity index (χ0) is 52.5. The third-order valence-electron chi connectivity index (χ3n) is 15.7. The van der Waals surface area contributed by atoms with Crippen LogP contribution in [0.4, 0.5) is 34.1 Å². The number of anilines is 6. The largest absolute Gasteiger partial charge is 0.310 e. The van der Waals surface area contributed by atoms with Gasteiger partial charge in [-0.05, 0) is 165 Å². The lowest BCUT2D eigenvalue weighted by Crippen LogP contribution is -2.14. The Hall–Kier alpha value is -8.46. The highest BCUT2D eigenvalue weighted by atomic mass is 15.2. The summed E-state index contributed by atoms with van der Waals surface area (Å²) in [5, 5.41) is 12.2. The minimum atomic E-state index is -0.0889. The second-order valence-electron chi connectivity index (χ2n) is 23.9. The first-order chi connectivity index (χ1) is 36.6. The highest BCUT2D eigenvalue weighted by Gasteiger charge is 2.26. The van der Waals surface area contributed by atoms with Crippen LogP contribution < -0.4 is 9.80 Å². The number of hydrogen-bond acceptors (Lipinski definition) is 2. The predicted octanol–water partition coefficient (Wildman–Crippen LogP) is 21.6. The Balaban J connectivity index is 1.14. The van der Waals surface area contributed by atoms with Crippen LogP contribution in [0.2, 0.25) is 0 Å². The maximum atomic E-state index is 2.50. The molecule has 0 unspecified atom stereocenters. The van der Waals surface area contributed by atoms with Gasteiger partial charge in [-0.25, -0.2) is 0 Å². The van der Waals surface area contributed by atoms with Gasteiger partial charge in [0.25, 0.3) is 0 Å². The number of hydrogen-bond donors (Lipinski definition) is 0. The van der Waals surface area contributed by atoms with Gasteiger partial charge in [-0.2, -0.15) is 0 Å². The van der Waals surface area contributed by atoms with Gasteiger partial charge in [0.15, 0.2) is 0 Å². The van der Waals surface area contributed by atoms with E-state index >= 15 is 0 Å². The topological polar surface area (TPSA) is 6.48 Å². The summed E-state index contributed by atoms with van der Waals surface area (Å²) >= 11 is 0. The molecule has 0 fully saturated rings. The first kappa shape index (κ1) is 48.5. The average molecular weight is 983 g/mol.